The Morgan fingerprint density at radius 1 is 1.15 bits per heavy atom. The Kier molecular flexibility index (Phi) is 4.69. The number of aromatic nitrogens is 1. The molecule has 9 heteroatoms. The van der Waals surface area contributed by atoms with E-state index in [1.165, 1.54) is 18.3 Å². The molecule has 0 fully saturated rings. The van der Waals surface area contributed by atoms with E-state index < -0.39 is 23.7 Å². The third-order valence-electron chi connectivity index (χ3n) is 3.93. The van der Waals surface area contributed by atoms with Crippen LogP contribution in [0.1, 0.15) is 18.2 Å². The molecule has 0 radical (unpaired) electrons. The van der Waals surface area contributed by atoms with Crippen molar-refractivity contribution in [1.82, 2.24) is 15.2 Å². The van der Waals surface area contributed by atoms with Gasteiger partial charge in [-0.25, -0.2) is 4.99 Å². The molecular formula is C18H15F3N4O2. The summed E-state index contributed by atoms with van der Waals surface area (Å²) in [6.07, 6.45) is -3.64. The van der Waals surface area contributed by atoms with Crippen molar-refractivity contribution in [2.24, 2.45) is 4.99 Å². The van der Waals surface area contributed by atoms with Gasteiger partial charge in [0, 0.05) is 18.7 Å². The maximum Gasteiger partial charge on any atom is 0.442 e. The number of amides is 2. The number of alkyl halides is 3. The van der Waals surface area contributed by atoms with Crippen LogP contribution in [0.4, 0.5) is 13.2 Å². The smallest absolute Gasteiger partial charge is 0.317 e. The van der Waals surface area contributed by atoms with Crippen LogP contribution < -0.4 is 5.32 Å². The summed E-state index contributed by atoms with van der Waals surface area (Å²) < 4.78 is 41.5. The average molecular weight is 376 g/mol. The maximum atomic E-state index is 13.8. The van der Waals surface area contributed by atoms with Crippen LogP contribution >= 0.6 is 0 Å². The molecular weight excluding hydrogens is 361 g/mol. The van der Waals surface area contributed by atoms with Crippen molar-refractivity contribution in [2.75, 3.05) is 0 Å². The molecule has 0 saturated heterocycles. The molecule has 0 saturated carbocycles. The van der Waals surface area contributed by atoms with E-state index in [0.29, 0.717) is 11.3 Å². The van der Waals surface area contributed by atoms with Crippen LogP contribution in [0.15, 0.2) is 59.7 Å². The molecule has 27 heavy (non-hydrogen) atoms. The standard InChI is InChI=1S/C18H15F3N4O2/c1-12(26)23-17(18(19,20)21)16(27)25(11-14-9-5-6-10-22-14)15(24-17)13-7-3-2-4-8-13/h2-10H,11H2,1H3,(H,23,26). The highest BCUT2D eigenvalue weighted by molar-refractivity contribution is 6.16. The fourth-order valence-electron chi connectivity index (χ4n) is 2.76. The minimum absolute atomic E-state index is 0.183. The van der Waals surface area contributed by atoms with Gasteiger partial charge in [-0.15, -0.1) is 0 Å². The quantitative estimate of drug-likeness (QED) is 0.890. The number of hydrogen-bond donors (Lipinski definition) is 1. The Morgan fingerprint density at radius 2 is 1.81 bits per heavy atom. The van der Waals surface area contributed by atoms with Gasteiger partial charge < -0.3 is 5.32 Å². The normalized spacial score (nSPS) is 19.8. The van der Waals surface area contributed by atoms with E-state index in [9.17, 15) is 22.8 Å². The number of aliphatic imine (C=N–C) groups is 1. The number of amidine groups is 1. The minimum Gasteiger partial charge on any atom is -0.317 e. The third kappa shape index (κ3) is 3.40. The molecule has 2 heterocycles. The molecule has 0 spiro atoms. The van der Waals surface area contributed by atoms with Gasteiger partial charge in [0.1, 0.15) is 5.84 Å². The lowest BCUT2D eigenvalue weighted by Crippen LogP contribution is -2.63. The minimum atomic E-state index is -5.12. The maximum absolute atomic E-state index is 13.8. The van der Waals surface area contributed by atoms with Crippen molar-refractivity contribution in [3.63, 3.8) is 0 Å². The number of nitrogens with one attached hydrogen (secondary N) is 1. The number of hydrogen-bond acceptors (Lipinski definition) is 4. The molecule has 0 aliphatic carbocycles. The number of rotatable bonds is 4. The van der Waals surface area contributed by atoms with Crippen LogP contribution in [-0.4, -0.2) is 39.4 Å². The van der Waals surface area contributed by atoms with Crippen molar-refractivity contribution in [2.45, 2.75) is 25.3 Å². The van der Waals surface area contributed by atoms with Gasteiger partial charge in [0.2, 0.25) is 5.91 Å². The first-order valence-electron chi connectivity index (χ1n) is 7.97. The van der Waals surface area contributed by atoms with Gasteiger partial charge in [-0.05, 0) is 12.1 Å². The van der Waals surface area contributed by atoms with Crippen LogP contribution in [0, 0.1) is 0 Å². The number of carbonyl (C=O) groups is 2. The highest BCUT2D eigenvalue weighted by Gasteiger charge is 2.66. The van der Waals surface area contributed by atoms with E-state index >= 15 is 0 Å². The molecule has 1 atom stereocenters. The van der Waals surface area contributed by atoms with Gasteiger partial charge in [-0.3, -0.25) is 19.5 Å². The fourth-order valence-corrected chi connectivity index (χ4v) is 2.76. The van der Waals surface area contributed by atoms with E-state index in [4.69, 9.17) is 0 Å². The van der Waals surface area contributed by atoms with E-state index in [1.54, 1.807) is 41.7 Å². The molecule has 1 aromatic carbocycles. The van der Waals surface area contributed by atoms with Crippen LogP contribution in [0.2, 0.25) is 0 Å². The summed E-state index contributed by atoms with van der Waals surface area (Å²) in [5.41, 5.74) is -2.66. The Labute approximate surface area is 152 Å². The molecule has 1 aliphatic heterocycles. The second-order valence-electron chi connectivity index (χ2n) is 5.90. The monoisotopic (exact) mass is 376 g/mol. The molecule has 1 N–H and O–H groups in total. The van der Waals surface area contributed by atoms with E-state index in [1.807, 2.05) is 0 Å². The van der Waals surface area contributed by atoms with Gasteiger partial charge in [-0.2, -0.15) is 13.2 Å². The summed E-state index contributed by atoms with van der Waals surface area (Å²) >= 11 is 0. The summed E-state index contributed by atoms with van der Waals surface area (Å²) in [5.74, 6) is -2.58. The van der Waals surface area contributed by atoms with Gasteiger partial charge in [0.15, 0.2) is 0 Å². The summed E-state index contributed by atoms with van der Waals surface area (Å²) in [7, 11) is 0. The van der Waals surface area contributed by atoms with E-state index in [-0.39, 0.29) is 12.4 Å². The second-order valence-corrected chi connectivity index (χ2v) is 5.90. The lowest BCUT2D eigenvalue weighted by atomic mass is 10.1. The Hall–Kier alpha value is -3.23. The molecule has 2 amide bonds. The summed E-state index contributed by atoms with van der Waals surface area (Å²) in [5, 5.41) is 1.70. The van der Waals surface area contributed by atoms with Gasteiger partial charge in [-0.1, -0.05) is 36.4 Å². The van der Waals surface area contributed by atoms with Gasteiger partial charge in [0.05, 0.1) is 12.2 Å². The highest BCUT2D eigenvalue weighted by Crippen LogP contribution is 2.38. The van der Waals surface area contributed by atoms with E-state index in [2.05, 4.69) is 9.98 Å². The Morgan fingerprint density at radius 3 is 2.37 bits per heavy atom. The largest absolute Gasteiger partial charge is 0.442 e. The molecule has 1 aliphatic rings. The van der Waals surface area contributed by atoms with Crippen molar-refractivity contribution >= 4 is 17.6 Å². The number of halogens is 3. The predicted octanol–water partition coefficient (Wildman–Crippen LogP) is 2.27. The Bertz CT molecular complexity index is 884. The molecule has 6 nitrogen and oxygen atoms in total. The first kappa shape index (κ1) is 18.6. The summed E-state index contributed by atoms with van der Waals surface area (Å²) in [4.78, 5) is 32.9. The first-order chi connectivity index (χ1) is 12.7. The lowest BCUT2D eigenvalue weighted by molar-refractivity contribution is -0.200. The van der Waals surface area contributed by atoms with Crippen molar-refractivity contribution in [3.8, 4) is 0 Å². The van der Waals surface area contributed by atoms with Crippen LogP contribution in [0.25, 0.3) is 0 Å². The Balaban J connectivity index is 2.13. The first-order valence-corrected chi connectivity index (χ1v) is 7.97. The number of benzene rings is 1. The zero-order valence-electron chi connectivity index (χ0n) is 14.2. The number of pyridine rings is 1. The lowest BCUT2D eigenvalue weighted by Gasteiger charge is -2.28. The van der Waals surface area contributed by atoms with Gasteiger partial charge >= 0.3 is 11.8 Å². The fraction of sp³-hybridized carbons (Fsp3) is 0.222. The number of nitrogens with zero attached hydrogens (tertiary/aromatic N) is 3. The second kappa shape index (κ2) is 6.82. The number of carbonyl (C=O) groups excluding carboxylic acids is 2. The summed E-state index contributed by atoms with van der Waals surface area (Å²) in [6, 6.07) is 12.9. The molecule has 1 aromatic heterocycles. The third-order valence-corrected chi connectivity index (χ3v) is 3.93. The molecule has 140 valence electrons. The summed E-state index contributed by atoms with van der Waals surface area (Å²) in [6.45, 7) is 0.685. The van der Waals surface area contributed by atoms with Crippen molar-refractivity contribution < 1.29 is 22.8 Å². The topological polar surface area (TPSA) is 74.7 Å². The van der Waals surface area contributed by atoms with Crippen molar-refractivity contribution in [3.05, 3.63) is 66.0 Å². The average Bonchev–Trinajstić information content (AvgIpc) is 2.90. The predicted molar refractivity (Wildman–Crippen MR) is 90.4 cm³/mol. The van der Waals surface area contributed by atoms with Gasteiger partial charge in [0.25, 0.3) is 5.91 Å². The molecule has 1 unspecified atom stereocenters. The van der Waals surface area contributed by atoms with Crippen molar-refractivity contribution in [1.29, 1.82) is 0 Å². The molecule has 3 rings (SSSR count). The zero-order valence-corrected chi connectivity index (χ0v) is 14.2. The highest BCUT2D eigenvalue weighted by atomic mass is 19.4. The van der Waals surface area contributed by atoms with Crippen LogP contribution in [-0.2, 0) is 16.1 Å². The van der Waals surface area contributed by atoms with Crippen LogP contribution in [0.3, 0.4) is 0 Å². The van der Waals surface area contributed by atoms with E-state index in [0.717, 1.165) is 11.8 Å². The molecule has 0 bridgehead atoms. The van der Waals surface area contributed by atoms with Crippen LogP contribution in [0.5, 0.6) is 0 Å². The molecule has 2 aromatic rings. The SMILES string of the molecule is CC(=O)NC1(C(F)(F)F)N=C(c2ccccc2)N(Cc2ccccn2)C1=O. The zero-order chi connectivity index (χ0) is 19.7.